The Morgan fingerprint density at radius 3 is 2.15 bits per heavy atom. The SMILES string of the molecule is COc1ccc(CN(C2CCN(Cc3ccccc3)CC2)S(=O)(=O)c2ccc(Cl)cc2)cc1. The first-order valence-corrected chi connectivity index (χ1v) is 12.9. The van der Waals surface area contributed by atoms with Crippen molar-refractivity contribution >= 4 is 21.6 Å². The second-order valence-corrected chi connectivity index (χ2v) is 10.7. The molecule has 4 rings (SSSR count). The van der Waals surface area contributed by atoms with Crippen LogP contribution in [0.25, 0.3) is 0 Å². The summed E-state index contributed by atoms with van der Waals surface area (Å²) in [5, 5.41) is 0.518. The largest absolute Gasteiger partial charge is 0.497 e. The Kier molecular flexibility index (Phi) is 7.71. The molecule has 7 heteroatoms. The second kappa shape index (κ2) is 10.7. The van der Waals surface area contributed by atoms with Crippen LogP contribution in [0.1, 0.15) is 24.0 Å². The summed E-state index contributed by atoms with van der Waals surface area (Å²) in [7, 11) is -2.06. The molecule has 0 spiro atoms. The van der Waals surface area contributed by atoms with Crippen LogP contribution in [0.5, 0.6) is 5.75 Å². The quantitative estimate of drug-likeness (QED) is 0.440. The van der Waals surface area contributed by atoms with Gasteiger partial charge in [0, 0.05) is 37.2 Å². The van der Waals surface area contributed by atoms with E-state index in [2.05, 4.69) is 29.2 Å². The lowest BCUT2D eigenvalue weighted by Crippen LogP contribution is -2.46. The zero-order chi connectivity index (χ0) is 23.3. The van der Waals surface area contributed by atoms with E-state index in [9.17, 15) is 8.42 Å². The molecule has 3 aromatic carbocycles. The first kappa shape index (κ1) is 23.8. The van der Waals surface area contributed by atoms with Crippen LogP contribution in [-0.4, -0.2) is 43.9 Å². The summed E-state index contributed by atoms with van der Waals surface area (Å²) in [4.78, 5) is 2.67. The number of nitrogens with zero attached hydrogens (tertiary/aromatic N) is 2. The molecule has 0 bridgehead atoms. The molecule has 0 aliphatic carbocycles. The van der Waals surface area contributed by atoms with E-state index in [1.807, 2.05) is 30.3 Å². The normalized spacial score (nSPS) is 15.6. The summed E-state index contributed by atoms with van der Waals surface area (Å²) >= 11 is 6.01. The molecular weight excluding hydrogens is 456 g/mol. The molecule has 174 valence electrons. The molecule has 5 nitrogen and oxygen atoms in total. The fourth-order valence-electron chi connectivity index (χ4n) is 4.27. The van der Waals surface area contributed by atoms with Crippen molar-refractivity contribution in [1.82, 2.24) is 9.21 Å². The molecule has 1 aliphatic rings. The van der Waals surface area contributed by atoms with E-state index in [0.29, 0.717) is 11.6 Å². The monoisotopic (exact) mass is 484 g/mol. The molecule has 0 unspecified atom stereocenters. The number of hydrogen-bond acceptors (Lipinski definition) is 4. The predicted molar refractivity (Wildman–Crippen MR) is 132 cm³/mol. The molecule has 0 atom stereocenters. The minimum atomic E-state index is -3.68. The molecule has 0 amide bonds. The summed E-state index contributed by atoms with van der Waals surface area (Å²) in [6.45, 7) is 2.91. The number of benzene rings is 3. The Morgan fingerprint density at radius 2 is 1.55 bits per heavy atom. The molecule has 0 aromatic heterocycles. The van der Waals surface area contributed by atoms with Crippen molar-refractivity contribution in [3.63, 3.8) is 0 Å². The molecule has 0 saturated carbocycles. The third-order valence-electron chi connectivity index (χ3n) is 6.13. The molecule has 1 aliphatic heterocycles. The zero-order valence-corrected chi connectivity index (χ0v) is 20.3. The lowest BCUT2D eigenvalue weighted by atomic mass is 10.0. The van der Waals surface area contributed by atoms with Crippen molar-refractivity contribution in [1.29, 1.82) is 0 Å². The maximum atomic E-state index is 13.7. The van der Waals surface area contributed by atoms with E-state index in [4.69, 9.17) is 16.3 Å². The number of piperidine rings is 1. The van der Waals surface area contributed by atoms with Gasteiger partial charge in [-0.05, 0) is 60.4 Å². The van der Waals surface area contributed by atoms with Crippen LogP contribution in [-0.2, 0) is 23.1 Å². The Balaban J connectivity index is 1.54. The molecule has 0 N–H and O–H groups in total. The highest BCUT2D eigenvalue weighted by Gasteiger charge is 2.34. The minimum absolute atomic E-state index is 0.0696. The number of methoxy groups -OCH3 is 1. The maximum absolute atomic E-state index is 13.7. The van der Waals surface area contributed by atoms with Gasteiger partial charge in [-0.2, -0.15) is 4.31 Å². The Bertz CT molecular complexity index is 1130. The fraction of sp³-hybridized carbons (Fsp3) is 0.308. The van der Waals surface area contributed by atoms with Crippen LogP contribution in [0.4, 0.5) is 0 Å². The van der Waals surface area contributed by atoms with Gasteiger partial charge in [0.2, 0.25) is 10.0 Å². The molecular formula is C26H29ClN2O3S. The predicted octanol–water partition coefficient (Wildman–Crippen LogP) is 5.20. The minimum Gasteiger partial charge on any atom is -0.497 e. The third kappa shape index (κ3) is 5.95. The molecule has 1 heterocycles. The second-order valence-electron chi connectivity index (χ2n) is 8.35. The number of rotatable bonds is 8. The zero-order valence-electron chi connectivity index (χ0n) is 18.7. The van der Waals surface area contributed by atoms with Gasteiger partial charge in [-0.1, -0.05) is 54.1 Å². The summed E-state index contributed by atoms with van der Waals surface area (Å²) in [6, 6.07) is 24.3. The molecule has 33 heavy (non-hydrogen) atoms. The first-order valence-electron chi connectivity index (χ1n) is 11.1. The number of sulfonamides is 1. The lowest BCUT2D eigenvalue weighted by Gasteiger charge is -2.38. The van der Waals surface area contributed by atoms with Crippen LogP contribution in [0, 0.1) is 0 Å². The van der Waals surface area contributed by atoms with E-state index in [1.165, 1.54) is 5.56 Å². The van der Waals surface area contributed by atoms with Crippen molar-refractivity contribution in [2.75, 3.05) is 20.2 Å². The molecule has 0 radical (unpaired) electrons. The summed E-state index contributed by atoms with van der Waals surface area (Å²) in [5.41, 5.74) is 2.21. The topological polar surface area (TPSA) is 49.9 Å². The van der Waals surface area contributed by atoms with Crippen LogP contribution in [0.2, 0.25) is 5.02 Å². The van der Waals surface area contributed by atoms with Crippen molar-refractivity contribution < 1.29 is 13.2 Å². The average Bonchev–Trinajstić information content (AvgIpc) is 2.84. The Hall–Kier alpha value is -2.38. The van der Waals surface area contributed by atoms with Gasteiger partial charge < -0.3 is 4.74 Å². The number of hydrogen-bond donors (Lipinski definition) is 0. The van der Waals surface area contributed by atoms with Crippen LogP contribution in [0.15, 0.2) is 83.8 Å². The van der Waals surface area contributed by atoms with Crippen molar-refractivity contribution in [2.24, 2.45) is 0 Å². The smallest absolute Gasteiger partial charge is 0.243 e. The van der Waals surface area contributed by atoms with E-state index >= 15 is 0 Å². The highest BCUT2D eigenvalue weighted by Crippen LogP contribution is 2.28. The van der Waals surface area contributed by atoms with E-state index < -0.39 is 10.0 Å². The summed E-state index contributed by atoms with van der Waals surface area (Å²) in [6.07, 6.45) is 1.58. The highest BCUT2D eigenvalue weighted by atomic mass is 35.5. The van der Waals surface area contributed by atoms with Crippen molar-refractivity contribution in [3.05, 3.63) is 95.0 Å². The molecule has 1 saturated heterocycles. The van der Waals surface area contributed by atoms with Gasteiger partial charge in [0.05, 0.1) is 12.0 Å². The van der Waals surface area contributed by atoms with Crippen LogP contribution >= 0.6 is 11.6 Å². The van der Waals surface area contributed by atoms with Gasteiger partial charge in [0.25, 0.3) is 0 Å². The highest BCUT2D eigenvalue weighted by molar-refractivity contribution is 7.89. The summed E-state index contributed by atoms with van der Waals surface area (Å²) in [5.74, 6) is 0.750. The van der Waals surface area contributed by atoms with Gasteiger partial charge in [0.15, 0.2) is 0 Å². The fourth-order valence-corrected chi connectivity index (χ4v) is 6.07. The molecule has 3 aromatic rings. The number of likely N-dealkylation sites (tertiary alicyclic amines) is 1. The number of halogens is 1. The van der Waals surface area contributed by atoms with Gasteiger partial charge in [-0.3, -0.25) is 4.90 Å². The third-order valence-corrected chi connectivity index (χ3v) is 8.30. The van der Waals surface area contributed by atoms with Gasteiger partial charge in [-0.15, -0.1) is 0 Å². The van der Waals surface area contributed by atoms with E-state index in [0.717, 1.165) is 43.8 Å². The Morgan fingerprint density at radius 1 is 0.909 bits per heavy atom. The molecule has 1 fully saturated rings. The standard InChI is InChI=1S/C26H29ClN2O3S/c1-32-25-11-7-22(8-12-25)20-29(33(30,31)26-13-9-23(27)10-14-26)24-15-17-28(18-16-24)19-21-5-3-2-4-6-21/h2-14,24H,15-20H2,1H3. The van der Waals surface area contributed by atoms with E-state index in [1.54, 1.807) is 35.7 Å². The first-order chi connectivity index (χ1) is 16.0. The maximum Gasteiger partial charge on any atom is 0.243 e. The van der Waals surface area contributed by atoms with Crippen LogP contribution < -0.4 is 4.74 Å². The van der Waals surface area contributed by atoms with Gasteiger partial charge in [0.1, 0.15) is 5.75 Å². The lowest BCUT2D eigenvalue weighted by molar-refractivity contribution is 0.150. The van der Waals surface area contributed by atoms with E-state index in [-0.39, 0.29) is 10.9 Å². The Labute approximate surface area is 201 Å². The van der Waals surface area contributed by atoms with Crippen LogP contribution in [0.3, 0.4) is 0 Å². The van der Waals surface area contributed by atoms with Gasteiger partial charge in [-0.25, -0.2) is 8.42 Å². The average molecular weight is 485 g/mol. The van der Waals surface area contributed by atoms with Crippen molar-refractivity contribution in [3.8, 4) is 5.75 Å². The summed E-state index contributed by atoms with van der Waals surface area (Å²) < 4.78 is 34.3. The number of ether oxygens (including phenoxy) is 1. The van der Waals surface area contributed by atoms with Gasteiger partial charge >= 0.3 is 0 Å². The van der Waals surface area contributed by atoms with Crippen molar-refractivity contribution in [2.45, 2.75) is 36.9 Å².